The summed E-state index contributed by atoms with van der Waals surface area (Å²) in [6, 6.07) is 16.6. The highest BCUT2D eigenvalue weighted by molar-refractivity contribution is 7.99. The second-order valence-electron chi connectivity index (χ2n) is 4.59. The number of hydrogen-bond acceptors (Lipinski definition) is 2. The van der Waals surface area contributed by atoms with E-state index in [1.54, 1.807) is 11.8 Å². The molecule has 0 aliphatic carbocycles. The van der Waals surface area contributed by atoms with Crippen LogP contribution in [0.4, 0.5) is 0 Å². The first-order chi connectivity index (χ1) is 8.70. The van der Waals surface area contributed by atoms with Gasteiger partial charge in [0.2, 0.25) is 0 Å². The molecule has 0 saturated heterocycles. The van der Waals surface area contributed by atoms with E-state index in [1.807, 2.05) is 24.3 Å². The summed E-state index contributed by atoms with van der Waals surface area (Å²) in [7, 11) is 0. The maximum atomic E-state index is 9.30. The third-order valence-electron chi connectivity index (χ3n) is 2.92. The zero-order valence-corrected chi connectivity index (χ0v) is 11.6. The Morgan fingerprint density at radius 2 is 1.67 bits per heavy atom. The van der Waals surface area contributed by atoms with Gasteiger partial charge in [0.1, 0.15) is 0 Å². The number of hydrogen-bond donors (Lipinski definition) is 1. The predicted molar refractivity (Wildman–Crippen MR) is 77.0 cm³/mol. The molecule has 0 saturated carbocycles. The molecular weight excluding hydrogens is 240 g/mol. The Balaban J connectivity index is 2.18. The van der Waals surface area contributed by atoms with Gasteiger partial charge in [-0.15, -0.1) is 0 Å². The average molecular weight is 258 g/mol. The molecule has 0 fully saturated rings. The van der Waals surface area contributed by atoms with E-state index in [9.17, 15) is 5.11 Å². The van der Waals surface area contributed by atoms with Crippen molar-refractivity contribution in [2.45, 2.75) is 36.2 Å². The van der Waals surface area contributed by atoms with E-state index in [0.29, 0.717) is 5.92 Å². The molecule has 1 N–H and O–H groups in total. The summed E-state index contributed by atoms with van der Waals surface area (Å²) in [5.74, 6) is 0.564. The zero-order chi connectivity index (χ0) is 13.0. The Morgan fingerprint density at radius 1 is 1.00 bits per heavy atom. The molecule has 18 heavy (non-hydrogen) atoms. The Labute approximate surface area is 113 Å². The average Bonchev–Trinajstić information content (AvgIpc) is 2.40. The van der Waals surface area contributed by atoms with Gasteiger partial charge in [-0.05, 0) is 35.2 Å². The Hall–Kier alpha value is -1.25. The summed E-state index contributed by atoms with van der Waals surface area (Å²) in [6.45, 7) is 4.49. The third kappa shape index (κ3) is 3.15. The highest BCUT2D eigenvalue weighted by Crippen LogP contribution is 2.31. The van der Waals surface area contributed by atoms with Crippen molar-refractivity contribution in [1.29, 1.82) is 0 Å². The molecule has 0 aliphatic rings. The molecule has 2 rings (SSSR count). The van der Waals surface area contributed by atoms with E-state index < -0.39 is 0 Å². The highest BCUT2D eigenvalue weighted by Gasteiger charge is 2.04. The molecule has 2 heteroatoms. The summed E-state index contributed by atoms with van der Waals surface area (Å²) >= 11 is 1.70. The van der Waals surface area contributed by atoms with Crippen LogP contribution in [-0.4, -0.2) is 5.11 Å². The van der Waals surface area contributed by atoms with E-state index >= 15 is 0 Å². The zero-order valence-electron chi connectivity index (χ0n) is 10.8. The number of benzene rings is 2. The minimum absolute atomic E-state index is 0.0905. The fraction of sp³-hybridized carbons (Fsp3) is 0.250. The molecule has 0 atom stereocenters. The normalized spacial score (nSPS) is 10.9. The van der Waals surface area contributed by atoms with E-state index in [2.05, 4.69) is 38.1 Å². The van der Waals surface area contributed by atoms with Gasteiger partial charge in [-0.25, -0.2) is 0 Å². The van der Waals surface area contributed by atoms with E-state index in [1.165, 1.54) is 10.5 Å². The summed E-state index contributed by atoms with van der Waals surface area (Å²) < 4.78 is 0. The van der Waals surface area contributed by atoms with Crippen LogP contribution in [0.2, 0.25) is 0 Å². The van der Waals surface area contributed by atoms with E-state index in [-0.39, 0.29) is 6.61 Å². The van der Waals surface area contributed by atoms with Crippen molar-refractivity contribution in [1.82, 2.24) is 0 Å². The van der Waals surface area contributed by atoms with Crippen molar-refractivity contribution in [2.75, 3.05) is 0 Å². The molecule has 0 spiro atoms. The van der Waals surface area contributed by atoms with Crippen molar-refractivity contribution in [2.24, 2.45) is 0 Å². The molecule has 0 amide bonds. The number of aliphatic hydroxyl groups excluding tert-OH is 1. The molecule has 2 aromatic rings. The van der Waals surface area contributed by atoms with Crippen LogP contribution in [0.25, 0.3) is 0 Å². The van der Waals surface area contributed by atoms with Crippen LogP contribution in [0, 0.1) is 0 Å². The fourth-order valence-corrected chi connectivity index (χ4v) is 2.72. The molecule has 0 aromatic heterocycles. The van der Waals surface area contributed by atoms with Gasteiger partial charge in [0, 0.05) is 9.79 Å². The van der Waals surface area contributed by atoms with Crippen molar-refractivity contribution >= 4 is 11.8 Å². The Morgan fingerprint density at radius 3 is 2.28 bits per heavy atom. The van der Waals surface area contributed by atoms with Gasteiger partial charge in [0.25, 0.3) is 0 Å². The van der Waals surface area contributed by atoms with Crippen LogP contribution in [0.5, 0.6) is 0 Å². The summed E-state index contributed by atoms with van der Waals surface area (Å²) in [5.41, 5.74) is 2.34. The van der Waals surface area contributed by atoms with Gasteiger partial charge in [0.15, 0.2) is 0 Å². The summed E-state index contributed by atoms with van der Waals surface area (Å²) in [5, 5.41) is 9.30. The maximum Gasteiger partial charge on any atom is 0.0692 e. The molecule has 0 aliphatic heterocycles. The second kappa shape index (κ2) is 6.07. The first-order valence-corrected chi connectivity index (χ1v) is 6.99. The molecule has 0 radical (unpaired) electrons. The lowest BCUT2D eigenvalue weighted by molar-refractivity contribution is 0.279. The van der Waals surface area contributed by atoms with Gasteiger partial charge in [-0.3, -0.25) is 0 Å². The summed E-state index contributed by atoms with van der Waals surface area (Å²) in [4.78, 5) is 2.33. The lowest BCUT2D eigenvalue weighted by Gasteiger charge is -2.09. The molecule has 2 aromatic carbocycles. The number of rotatable bonds is 4. The van der Waals surface area contributed by atoms with Gasteiger partial charge in [-0.2, -0.15) is 0 Å². The van der Waals surface area contributed by atoms with Crippen molar-refractivity contribution in [3.8, 4) is 0 Å². The first-order valence-electron chi connectivity index (χ1n) is 6.17. The lowest BCUT2D eigenvalue weighted by Crippen LogP contribution is -1.88. The highest BCUT2D eigenvalue weighted by atomic mass is 32.2. The van der Waals surface area contributed by atoms with Crippen molar-refractivity contribution in [3.63, 3.8) is 0 Å². The molecule has 0 heterocycles. The van der Waals surface area contributed by atoms with Crippen LogP contribution in [-0.2, 0) is 6.61 Å². The maximum absolute atomic E-state index is 9.30. The second-order valence-corrected chi connectivity index (χ2v) is 5.71. The van der Waals surface area contributed by atoms with Gasteiger partial charge in [-0.1, -0.05) is 55.9 Å². The van der Waals surface area contributed by atoms with Crippen LogP contribution in [0.1, 0.15) is 30.9 Å². The van der Waals surface area contributed by atoms with E-state index in [0.717, 1.165) is 10.5 Å². The van der Waals surface area contributed by atoms with Crippen LogP contribution in [0.15, 0.2) is 58.3 Å². The molecule has 1 nitrogen and oxygen atoms in total. The minimum Gasteiger partial charge on any atom is -0.392 e. The first kappa shape index (κ1) is 13.2. The molecule has 0 bridgehead atoms. The van der Waals surface area contributed by atoms with Crippen molar-refractivity contribution < 1.29 is 5.11 Å². The summed E-state index contributed by atoms with van der Waals surface area (Å²) in [6.07, 6.45) is 0. The lowest BCUT2D eigenvalue weighted by atomic mass is 10.0. The van der Waals surface area contributed by atoms with Gasteiger partial charge >= 0.3 is 0 Å². The van der Waals surface area contributed by atoms with E-state index in [4.69, 9.17) is 0 Å². The predicted octanol–water partition coefficient (Wildman–Crippen LogP) is 4.45. The fourth-order valence-electron chi connectivity index (χ4n) is 1.78. The number of aliphatic hydroxyl groups is 1. The largest absolute Gasteiger partial charge is 0.392 e. The Kier molecular flexibility index (Phi) is 4.45. The van der Waals surface area contributed by atoms with Crippen LogP contribution < -0.4 is 0 Å². The SMILES string of the molecule is CC(C)c1ccc(Sc2ccccc2CO)cc1. The topological polar surface area (TPSA) is 20.2 Å². The van der Waals surface area contributed by atoms with Crippen molar-refractivity contribution in [3.05, 3.63) is 59.7 Å². The van der Waals surface area contributed by atoms with Crippen LogP contribution >= 0.6 is 11.8 Å². The molecule has 0 unspecified atom stereocenters. The molecular formula is C16H18OS. The smallest absolute Gasteiger partial charge is 0.0692 e. The van der Waals surface area contributed by atoms with Gasteiger partial charge in [0.05, 0.1) is 6.61 Å². The van der Waals surface area contributed by atoms with Gasteiger partial charge < -0.3 is 5.11 Å². The standard InChI is InChI=1S/C16H18OS/c1-12(2)13-7-9-15(10-8-13)18-16-6-4-3-5-14(16)11-17/h3-10,12,17H,11H2,1-2H3. The van der Waals surface area contributed by atoms with Crippen LogP contribution in [0.3, 0.4) is 0 Å². The Bertz CT molecular complexity index is 503. The third-order valence-corrected chi connectivity index (χ3v) is 4.04. The monoisotopic (exact) mass is 258 g/mol. The minimum atomic E-state index is 0.0905. The molecule has 94 valence electrons. The quantitative estimate of drug-likeness (QED) is 0.874.